The summed E-state index contributed by atoms with van der Waals surface area (Å²) < 4.78 is 25.7. The predicted octanol–water partition coefficient (Wildman–Crippen LogP) is 0.981. The third kappa shape index (κ3) is 1.37. The Morgan fingerprint density at radius 1 is 1.62 bits per heavy atom. The number of hydrogen-bond acceptors (Lipinski definition) is 2. The van der Waals surface area contributed by atoms with E-state index < -0.39 is 7.04 Å². The fraction of sp³-hybridized carbons (Fsp3) is 0.300. The third-order valence-electron chi connectivity index (χ3n) is 2.12. The van der Waals surface area contributed by atoms with Gasteiger partial charge in [-0.2, -0.15) is 0 Å². The van der Waals surface area contributed by atoms with Gasteiger partial charge >= 0.3 is 0 Å². The van der Waals surface area contributed by atoms with Crippen LogP contribution >= 0.6 is 0 Å². The summed E-state index contributed by atoms with van der Waals surface area (Å²) in [6.07, 6.45) is 0.694. The summed E-state index contributed by atoms with van der Waals surface area (Å²) >= 11 is 0. The number of fused-ring (bicyclic) bond motifs is 1. The summed E-state index contributed by atoms with van der Waals surface area (Å²) in [7, 11) is -2.45. The highest BCUT2D eigenvalue weighted by molar-refractivity contribution is 5.96. The Bertz CT molecular complexity index is 429. The summed E-state index contributed by atoms with van der Waals surface area (Å²) in [5, 5.41) is 2.72. The Balaban J connectivity index is 2.29. The number of methoxy groups -OCH3 is 1. The van der Waals surface area contributed by atoms with Crippen LogP contribution in [0.2, 0.25) is 0 Å². The maximum atomic E-state index is 11.4. The first-order valence-corrected chi connectivity index (χ1v) is 4.06. The molecular weight excluding hydrogens is 166 g/mol. The van der Waals surface area contributed by atoms with Crippen LogP contribution in [-0.2, 0) is 6.42 Å². The molecule has 0 saturated heterocycles. The molecule has 2 rings (SSSR count). The molecular formula is C10H11NO2. The van der Waals surface area contributed by atoms with Crippen LogP contribution in [0, 0.1) is 0 Å². The van der Waals surface area contributed by atoms with E-state index in [1.54, 1.807) is 12.1 Å². The Hall–Kier alpha value is -1.51. The number of benzene rings is 1. The average molecular weight is 180 g/mol. The molecule has 0 saturated carbocycles. The number of hydrogen-bond donors (Lipinski definition) is 1. The van der Waals surface area contributed by atoms with Gasteiger partial charge in [-0.3, -0.25) is 4.79 Å². The maximum absolute atomic E-state index is 11.4. The summed E-state index contributed by atoms with van der Waals surface area (Å²) in [6.45, 7) is 0.572. The number of ether oxygens (including phenoxy) is 1. The molecule has 0 bridgehead atoms. The van der Waals surface area contributed by atoms with Gasteiger partial charge < -0.3 is 10.1 Å². The summed E-state index contributed by atoms with van der Waals surface area (Å²) in [6, 6.07) is 4.70. The quantitative estimate of drug-likeness (QED) is 0.699. The van der Waals surface area contributed by atoms with Crippen LogP contribution in [0.1, 0.15) is 20.0 Å². The maximum Gasteiger partial charge on any atom is 0.251 e. The predicted molar refractivity (Wildman–Crippen MR) is 49.0 cm³/mol. The van der Waals surface area contributed by atoms with Crippen molar-refractivity contribution >= 4 is 5.91 Å². The lowest BCUT2D eigenvalue weighted by Crippen LogP contribution is -2.31. The second-order valence-corrected chi connectivity index (χ2v) is 2.93. The van der Waals surface area contributed by atoms with Gasteiger partial charge in [0.25, 0.3) is 5.91 Å². The van der Waals surface area contributed by atoms with Gasteiger partial charge in [-0.25, -0.2) is 0 Å². The minimum Gasteiger partial charge on any atom is -0.497 e. The van der Waals surface area contributed by atoms with Crippen molar-refractivity contribution in [2.45, 2.75) is 6.42 Å². The minimum atomic E-state index is -2.45. The molecule has 0 radical (unpaired) electrons. The van der Waals surface area contributed by atoms with Gasteiger partial charge in [0.05, 0.1) is 11.2 Å². The van der Waals surface area contributed by atoms with Crippen molar-refractivity contribution < 1.29 is 13.6 Å². The van der Waals surface area contributed by atoms with Crippen molar-refractivity contribution in [3.8, 4) is 5.75 Å². The zero-order valence-corrected chi connectivity index (χ0v) is 6.96. The lowest BCUT2D eigenvalue weighted by atomic mass is 10.0. The van der Waals surface area contributed by atoms with Crippen molar-refractivity contribution in [2.24, 2.45) is 0 Å². The number of rotatable bonds is 1. The Morgan fingerprint density at radius 3 is 3.38 bits per heavy atom. The molecule has 0 unspecified atom stereocenters. The highest BCUT2D eigenvalue weighted by Crippen LogP contribution is 2.19. The highest BCUT2D eigenvalue weighted by Gasteiger charge is 2.16. The van der Waals surface area contributed by atoms with Gasteiger partial charge in [0.2, 0.25) is 0 Å². The topological polar surface area (TPSA) is 38.3 Å². The van der Waals surface area contributed by atoms with Crippen LogP contribution < -0.4 is 10.1 Å². The van der Waals surface area contributed by atoms with Crippen LogP contribution in [0.4, 0.5) is 0 Å². The zero-order chi connectivity index (χ0) is 11.8. The molecule has 1 aliphatic rings. The average Bonchev–Trinajstić information content (AvgIpc) is 2.15. The van der Waals surface area contributed by atoms with E-state index in [-0.39, 0.29) is 11.7 Å². The van der Waals surface area contributed by atoms with E-state index in [9.17, 15) is 4.79 Å². The van der Waals surface area contributed by atoms with E-state index in [0.29, 0.717) is 18.5 Å². The van der Waals surface area contributed by atoms with Gasteiger partial charge in [-0.15, -0.1) is 0 Å². The number of amides is 1. The molecule has 0 spiro atoms. The molecule has 1 N–H and O–H groups in total. The van der Waals surface area contributed by atoms with Gasteiger partial charge in [0.15, 0.2) is 0 Å². The van der Waals surface area contributed by atoms with E-state index in [0.717, 1.165) is 5.56 Å². The summed E-state index contributed by atoms with van der Waals surface area (Å²) in [5.74, 6) is 0.148. The largest absolute Gasteiger partial charge is 0.497 e. The van der Waals surface area contributed by atoms with Gasteiger partial charge in [-0.1, -0.05) is 0 Å². The molecule has 3 nitrogen and oxygen atoms in total. The van der Waals surface area contributed by atoms with E-state index in [2.05, 4.69) is 5.32 Å². The smallest absolute Gasteiger partial charge is 0.251 e. The number of carbonyl (C=O) groups is 1. The fourth-order valence-corrected chi connectivity index (χ4v) is 1.47. The second kappa shape index (κ2) is 3.09. The molecule has 3 heteroatoms. The second-order valence-electron chi connectivity index (χ2n) is 2.93. The molecule has 0 fully saturated rings. The minimum absolute atomic E-state index is 0.123. The monoisotopic (exact) mass is 180 g/mol. The van der Waals surface area contributed by atoms with E-state index >= 15 is 0 Å². The third-order valence-corrected chi connectivity index (χ3v) is 2.12. The Morgan fingerprint density at radius 2 is 2.54 bits per heavy atom. The summed E-state index contributed by atoms with van der Waals surface area (Å²) in [5.41, 5.74) is 1.41. The van der Waals surface area contributed by atoms with Crippen molar-refractivity contribution in [1.29, 1.82) is 0 Å². The first kappa shape index (κ1) is 5.27. The molecule has 1 aromatic rings. The molecule has 0 atom stereocenters. The Labute approximate surface area is 80.9 Å². The molecule has 68 valence electrons. The highest BCUT2D eigenvalue weighted by atomic mass is 16.5. The van der Waals surface area contributed by atoms with Crippen LogP contribution in [0.3, 0.4) is 0 Å². The fourth-order valence-electron chi connectivity index (χ4n) is 1.47. The first-order valence-electron chi connectivity index (χ1n) is 5.56. The lowest BCUT2D eigenvalue weighted by Gasteiger charge is -2.16. The Kier molecular flexibility index (Phi) is 1.25. The van der Waals surface area contributed by atoms with Gasteiger partial charge in [0.1, 0.15) is 5.75 Å². The number of nitrogens with one attached hydrogen (secondary N) is 1. The van der Waals surface area contributed by atoms with Crippen LogP contribution in [0.5, 0.6) is 5.75 Å². The zero-order valence-electron chi connectivity index (χ0n) is 9.96. The lowest BCUT2D eigenvalue weighted by molar-refractivity contribution is 0.0946. The van der Waals surface area contributed by atoms with Crippen molar-refractivity contribution in [3.63, 3.8) is 0 Å². The number of carbonyl (C=O) groups excluding carboxylic acids is 1. The van der Waals surface area contributed by atoms with E-state index in [1.807, 2.05) is 0 Å². The van der Waals surface area contributed by atoms with E-state index in [1.165, 1.54) is 6.07 Å². The van der Waals surface area contributed by atoms with Crippen molar-refractivity contribution in [1.82, 2.24) is 5.32 Å². The van der Waals surface area contributed by atoms with Crippen molar-refractivity contribution in [2.75, 3.05) is 13.6 Å². The van der Waals surface area contributed by atoms with Crippen molar-refractivity contribution in [3.05, 3.63) is 29.3 Å². The SMILES string of the molecule is [2H]C([2H])([2H])Oc1ccc2c(c1)CCNC2=O. The molecule has 1 aromatic carbocycles. The standard InChI is InChI=1S/C10H11NO2/c1-13-8-2-3-9-7(6-8)4-5-11-10(9)12/h2-3,6H,4-5H2,1H3,(H,11,12)/i1D3. The van der Waals surface area contributed by atoms with Crippen LogP contribution in [0.15, 0.2) is 18.2 Å². The molecule has 1 heterocycles. The molecule has 1 amide bonds. The van der Waals surface area contributed by atoms with E-state index in [4.69, 9.17) is 8.85 Å². The molecule has 1 aliphatic heterocycles. The van der Waals surface area contributed by atoms with Gasteiger partial charge in [-0.05, 0) is 30.2 Å². The van der Waals surface area contributed by atoms with Crippen LogP contribution in [-0.4, -0.2) is 19.5 Å². The molecule has 13 heavy (non-hydrogen) atoms. The molecule has 0 aromatic heterocycles. The normalized spacial score (nSPS) is 19.1. The first-order chi connectivity index (χ1) is 7.46. The summed E-state index contributed by atoms with van der Waals surface area (Å²) in [4.78, 5) is 11.4. The molecule has 0 aliphatic carbocycles. The van der Waals surface area contributed by atoms with Gasteiger partial charge in [0, 0.05) is 12.1 Å². The van der Waals surface area contributed by atoms with Crippen LogP contribution in [0.25, 0.3) is 0 Å².